The zero-order valence-corrected chi connectivity index (χ0v) is 7.15. The van der Waals surface area contributed by atoms with E-state index in [4.69, 9.17) is 5.11 Å². The van der Waals surface area contributed by atoms with Gasteiger partial charge in [0.1, 0.15) is 0 Å². The molecule has 0 aliphatic rings. The van der Waals surface area contributed by atoms with Crippen LogP contribution in [0.5, 0.6) is 5.88 Å². The summed E-state index contributed by atoms with van der Waals surface area (Å²) in [5.41, 5.74) is -0.290. The van der Waals surface area contributed by atoms with Gasteiger partial charge in [-0.05, 0) is 0 Å². The molecule has 1 heterocycles. The minimum absolute atomic E-state index is 0.290. The fraction of sp³-hybridized carbons (Fsp3) is 0.286. The molecule has 0 amide bonds. The standard InChI is InChI=1S/C7H5F3N2O3/c8-7(9,10)3-15-5-1-4(6(13)14)2-11-12-5/h1-2H,3H2,(H,13,14). The van der Waals surface area contributed by atoms with Gasteiger partial charge in [-0.2, -0.15) is 18.3 Å². The van der Waals surface area contributed by atoms with Crippen molar-refractivity contribution in [1.82, 2.24) is 10.2 Å². The monoisotopic (exact) mass is 222 g/mol. The molecule has 0 unspecified atom stereocenters. The number of hydrogen-bond acceptors (Lipinski definition) is 4. The Balaban J connectivity index is 2.70. The van der Waals surface area contributed by atoms with E-state index < -0.39 is 24.6 Å². The molecule has 5 nitrogen and oxygen atoms in total. The average Bonchev–Trinajstić information content (AvgIpc) is 2.14. The molecular formula is C7H5F3N2O3. The highest BCUT2D eigenvalue weighted by Gasteiger charge is 2.28. The van der Waals surface area contributed by atoms with Gasteiger partial charge in [0.15, 0.2) is 6.61 Å². The van der Waals surface area contributed by atoms with E-state index in [2.05, 4.69) is 14.9 Å². The highest BCUT2D eigenvalue weighted by atomic mass is 19.4. The van der Waals surface area contributed by atoms with Crippen LogP contribution in [0.15, 0.2) is 12.3 Å². The van der Waals surface area contributed by atoms with Gasteiger partial charge in [0.05, 0.1) is 11.8 Å². The fourth-order valence-corrected chi connectivity index (χ4v) is 0.690. The first-order valence-electron chi connectivity index (χ1n) is 3.64. The summed E-state index contributed by atoms with van der Waals surface area (Å²) < 4.78 is 39.3. The van der Waals surface area contributed by atoms with Crippen molar-refractivity contribution in [2.45, 2.75) is 6.18 Å². The summed E-state index contributed by atoms with van der Waals surface area (Å²) in [6, 6.07) is 0.862. The number of carbonyl (C=O) groups is 1. The van der Waals surface area contributed by atoms with Crippen molar-refractivity contribution in [3.05, 3.63) is 17.8 Å². The number of aromatic nitrogens is 2. The molecule has 0 radical (unpaired) electrons. The lowest BCUT2D eigenvalue weighted by molar-refractivity contribution is -0.154. The Kier molecular flexibility index (Phi) is 3.08. The first-order chi connectivity index (χ1) is 6.88. The maximum atomic E-state index is 11.7. The van der Waals surface area contributed by atoms with Gasteiger partial charge in [-0.15, -0.1) is 5.10 Å². The number of carboxylic acids is 1. The van der Waals surface area contributed by atoms with E-state index >= 15 is 0 Å². The largest absolute Gasteiger partial charge is 0.478 e. The number of rotatable bonds is 3. The molecule has 8 heteroatoms. The van der Waals surface area contributed by atoms with Crippen molar-refractivity contribution in [2.24, 2.45) is 0 Å². The van der Waals surface area contributed by atoms with E-state index in [0.29, 0.717) is 0 Å². The molecule has 0 spiro atoms. The summed E-state index contributed by atoms with van der Waals surface area (Å²) in [4.78, 5) is 10.4. The van der Waals surface area contributed by atoms with E-state index in [1.807, 2.05) is 0 Å². The minimum atomic E-state index is -4.50. The molecule has 1 aromatic rings. The molecule has 0 saturated heterocycles. The van der Waals surface area contributed by atoms with E-state index in [9.17, 15) is 18.0 Å². The molecular weight excluding hydrogens is 217 g/mol. The predicted molar refractivity (Wildman–Crippen MR) is 40.5 cm³/mol. The lowest BCUT2D eigenvalue weighted by Crippen LogP contribution is -2.20. The van der Waals surface area contributed by atoms with E-state index in [1.54, 1.807) is 0 Å². The van der Waals surface area contributed by atoms with E-state index in [-0.39, 0.29) is 5.56 Å². The maximum absolute atomic E-state index is 11.7. The van der Waals surface area contributed by atoms with Gasteiger partial charge in [0.2, 0.25) is 5.88 Å². The number of ether oxygens (including phenoxy) is 1. The first-order valence-corrected chi connectivity index (χ1v) is 3.64. The van der Waals surface area contributed by atoms with Crippen molar-refractivity contribution < 1.29 is 27.8 Å². The van der Waals surface area contributed by atoms with Crippen molar-refractivity contribution in [3.63, 3.8) is 0 Å². The van der Waals surface area contributed by atoms with Gasteiger partial charge in [-0.25, -0.2) is 4.79 Å². The second-order valence-electron chi connectivity index (χ2n) is 2.49. The molecule has 0 aliphatic heterocycles. The second kappa shape index (κ2) is 4.11. The second-order valence-corrected chi connectivity index (χ2v) is 2.49. The maximum Gasteiger partial charge on any atom is 0.422 e. The van der Waals surface area contributed by atoms with Crippen LogP contribution < -0.4 is 4.74 Å². The van der Waals surface area contributed by atoms with Crippen LogP contribution in [0.4, 0.5) is 13.2 Å². The van der Waals surface area contributed by atoms with Crippen LogP contribution in [0.25, 0.3) is 0 Å². The summed E-state index contributed by atoms with van der Waals surface area (Å²) in [5.74, 6) is -1.80. The Morgan fingerprint density at radius 2 is 2.20 bits per heavy atom. The molecule has 1 aromatic heterocycles. The number of aromatic carboxylic acids is 1. The highest BCUT2D eigenvalue weighted by molar-refractivity contribution is 5.87. The lowest BCUT2D eigenvalue weighted by Gasteiger charge is -2.07. The topological polar surface area (TPSA) is 72.3 Å². The van der Waals surface area contributed by atoms with Crippen LogP contribution in [0.1, 0.15) is 10.4 Å². The molecule has 1 rings (SSSR count). The quantitative estimate of drug-likeness (QED) is 0.829. The Bertz CT molecular complexity index is 367. The van der Waals surface area contributed by atoms with Gasteiger partial charge in [0, 0.05) is 6.07 Å². The van der Waals surface area contributed by atoms with Crippen LogP contribution >= 0.6 is 0 Å². The molecule has 0 saturated carbocycles. The predicted octanol–water partition coefficient (Wildman–Crippen LogP) is 1.12. The van der Waals surface area contributed by atoms with Crippen LogP contribution in [-0.2, 0) is 0 Å². The third-order valence-electron chi connectivity index (χ3n) is 1.26. The third-order valence-corrected chi connectivity index (χ3v) is 1.26. The van der Waals surface area contributed by atoms with Gasteiger partial charge in [-0.1, -0.05) is 0 Å². The number of alkyl halides is 3. The molecule has 0 atom stereocenters. The normalized spacial score (nSPS) is 11.1. The van der Waals surface area contributed by atoms with Crippen LogP contribution in [-0.4, -0.2) is 34.1 Å². The Morgan fingerprint density at radius 3 is 2.73 bits per heavy atom. The molecule has 15 heavy (non-hydrogen) atoms. The molecule has 82 valence electrons. The number of halogens is 3. The molecule has 0 fully saturated rings. The third kappa shape index (κ3) is 3.79. The summed E-state index contributed by atoms with van der Waals surface area (Å²) in [6.45, 7) is -1.54. The Morgan fingerprint density at radius 1 is 1.53 bits per heavy atom. The molecule has 0 bridgehead atoms. The highest BCUT2D eigenvalue weighted by Crippen LogP contribution is 2.16. The van der Waals surface area contributed by atoms with E-state index in [0.717, 1.165) is 12.3 Å². The smallest absolute Gasteiger partial charge is 0.422 e. The lowest BCUT2D eigenvalue weighted by atomic mass is 10.3. The van der Waals surface area contributed by atoms with Gasteiger partial charge in [0.25, 0.3) is 0 Å². The van der Waals surface area contributed by atoms with Crippen LogP contribution in [0.2, 0.25) is 0 Å². The minimum Gasteiger partial charge on any atom is -0.478 e. The van der Waals surface area contributed by atoms with Crippen LogP contribution in [0.3, 0.4) is 0 Å². The van der Waals surface area contributed by atoms with Gasteiger partial charge >= 0.3 is 12.1 Å². The fourth-order valence-electron chi connectivity index (χ4n) is 0.690. The summed E-state index contributed by atoms with van der Waals surface area (Å²) >= 11 is 0. The van der Waals surface area contributed by atoms with Crippen molar-refractivity contribution in [2.75, 3.05) is 6.61 Å². The Hall–Kier alpha value is -1.86. The molecule has 1 N–H and O–H groups in total. The number of carboxylic acid groups (broad SMARTS) is 1. The Labute approximate surface area is 81.5 Å². The van der Waals surface area contributed by atoms with Gasteiger partial charge in [-0.3, -0.25) is 0 Å². The van der Waals surface area contributed by atoms with Crippen molar-refractivity contribution in [1.29, 1.82) is 0 Å². The summed E-state index contributed by atoms with van der Waals surface area (Å²) in [5, 5.41) is 14.9. The number of hydrogen-bond donors (Lipinski definition) is 1. The SMILES string of the molecule is O=C(O)c1cnnc(OCC(F)(F)F)c1. The zero-order valence-electron chi connectivity index (χ0n) is 7.15. The van der Waals surface area contributed by atoms with Crippen LogP contribution in [0, 0.1) is 0 Å². The summed E-state index contributed by atoms with van der Waals surface area (Å²) in [7, 11) is 0. The van der Waals surface area contributed by atoms with Crippen molar-refractivity contribution >= 4 is 5.97 Å². The summed E-state index contributed by atoms with van der Waals surface area (Å²) in [6.07, 6.45) is -3.59. The zero-order chi connectivity index (χ0) is 11.5. The molecule has 0 aromatic carbocycles. The van der Waals surface area contributed by atoms with E-state index in [1.165, 1.54) is 0 Å². The average molecular weight is 222 g/mol. The number of nitrogens with zero attached hydrogens (tertiary/aromatic N) is 2. The first kappa shape index (κ1) is 11.2. The van der Waals surface area contributed by atoms with Gasteiger partial charge < -0.3 is 9.84 Å². The molecule has 0 aliphatic carbocycles. The van der Waals surface area contributed by atoms with Crippen molar-refractivity contribution in [3.8, 4) is 5.88 Å².